The van der Waals surface area contributed by atoms with Crippen LogP contribution in [0.3, 0.4) is 0 Å². The zero-order chi connectivity index (χ0) is 20.2. The number of thiocarbonyl (C=S) groups is 1. The summed E-state index contributed by atoms with van der Waals surface area (Å²) >= 11 is 5.57. The molecule has 0 spiro atoms. The zero-order valence-corrected chi connectivity index (χ0v) is 16.9. The smallest absolute Gasteiger partial charge is 0.325 e. The van der Waals surface area contributed by atoms with E-state index in [1.165, 1.54) is 0 Å². The van der Waals surface area contributed by atoms with Gasteiger partial charge in [0.25, 0.3) is 0 Å². The van der Waals surface area contributed by atoms with Crippen LogP contribution in [-0.4, -0.2) is 38.7 Å². The molecule has 4 rings (SSSR count). The molecular formula is C22H22N4O2S. The minimum absolute atomic E-state index is 0.0875. The van der Waals surface area contributed by atoms with Crippen LogP contribution in [0.5, 0.6) is 0 Å². The third-order valence-corrected chi connectivity index (χ3v) is 5.27. The van der Waals surface area contributed by atoms with Crippen molar-refractivity contribution in [3.05, 3.63) is 84.4 Å². The fourth-order valence-corrected chi connectivity index (χ4v) is 3.94. The van der Waals surface area contributed by atoms with Gasteiger partial charge in [-0.1, -0.05) is 24.3 Å². The predicted molar refractivity (Wildman–Crippen MR) is 115 cm³/mol. The van der Waals surface area contributed by atoms with Gasteiger partial charge in [0.2, 0.25) is 0 Å². The topological polar surface area (TPSA) is 59.4 Å². The van der Waals surface area contributed by atoms with E-state index >= 15 is 0 Å². The Morgan fingerprint density at radius 3 is 2.69 bits per heavy atom. The highest BCUT2D eigenvalue weighted by Crippen LogP contribution is 2.38. The van der Waals surface area contributed by atoms with Crippen LogP contribution in [0.25, 0.3) is 5.69 Å². The quantitative estimate of drug-likeness (QED) is 0.500. The summed E-state index contributed by atoms with van der Waals surface area (Å²) in [5.41, 5.74) is 2.98. The number of rotatable bonds is 6. The summed E-state index contributed by atoms with van der Waals surface area (Å²) in [4.78, 5) is 18.6. The number of ether oxygens (including phenoxy) is 1. The molecule has 0 saturated carbocycles. The van der Waals surface area contributed by atoms with Gasteiger partial charge in [0.15, 0.2) is 5.11 Å². The van der Waals surface area contributed by atoms with Crippen molar-refractivity contribution in [2.24, 2.45) is 0 Å². The lowest BCUT2D eigenvalue weighted by Crippen LogP contribution is -2.35. The number of esters is 1. The zero-order valence-electron chi connectivity index (χ0n) is 16.1. The van der Waals surface area contributed by atoms with Crippen molar-refractivity contribution in [1.82, 2.24) is 19.8 Å². The van der Waals surface area contributed by atoms with Crippen molar-refractivity contribution in [3.63, 3.8) is 0 Å². The van der Waals surface area contributed by atoms with Crippen molar-refractivity contribution < 1.29 is 9.53 Å². The monoisotopic (exact) mass is 406 g/mol. The minimum atomic E-state index is -0.300. The number of pyridine rings is 1. The summed E-state index contributed by atoms with van der Waals surface area (Å²) < 4.78 is 7.23. The lowest BCUT2D eigenvalue weighted by atomic mass is 9.99. The van der Waals surface area contributed by atoms with E-state index in [0.717, 1.165) is 16.9 Å². The Morgan fingerprint density at radius 1 is 1.17 bits per heavy atom. The number of aromatic nitrogens is 2. The SMILES string of the molecule is CCOC(=O)CN1C(=S)N[C@H](c2ccccn2)[C@@H]1c1ccn(-c2ccccc2)c1. The lowest BCUT2D eigenvalue weighted by Gasteiger charge is -2.26. The Morgan fingerprint density at radius 2 is 1.97 bits per heavy atom. The number of nitrogens with zero attached hydrogens (tertiary/aromatic N) is 3. The molecular weight excluding hydrogens is 384 g/mol. The van der Waals surface area contributed by atoms with Gasteiger partial charge in [-0.15, -0.1) is 0 Å². The molecule has 6 nitrogen and oxygen atoms in total. The van der Waals surface area contributed by atoms with Crippen LogP contribution in [0.15, 0.2) is 73.2 Å². The molecule has 29 heavy (non-hydrogen) atoms. The van der Waals surface area contributed by atoms with Crippen LogP contribution in [-0.2, 0) is 9.53 Å². The van der Waals surface area contributed by atoms with Gasteiger partial charge in [0.05, 0.1) is 24.4 Å². The van der Waals surface area contributed by atoms with E-state index in [4.69, 9.17) is 17.0 Å². The van der Waals surface area contributed by atoms with Crippen molar-refractivity contribution in [3.8, 4) is 5.69 Å². The minimum Gasteiger partial charge on any atom is -0.465 e. The fourth-order valence-electron chi connectivity index (χ4n) is 3.63. The summed E-state index contributed by atoms with van der Waals surface area (Å²) in [6.07, 6.45) is 5.86. The average molecular weight is 407 g/mol. The maximum atomic E-state index is 12.2. The highest BCUT2D eigenvalue weighted by Gasteiger charge is 2.41. The van der Waals surface area contributed by atoms with Gasteiger partial charge in [-0.05, 0) is 55.0 Å². The van der Waals surface area contributed by atoms with Crippen LogP contribution in [0.2, 0.25) is 0 Å². The second-order valence-electron chi connectivity index (χ2n) is 6.75. The number of para-hydroxylation sites is 1. The van der Waals surface area contributed by atoms with E-state index in [2.05, 4.69) is 27.1 Å². The van der Waals surface area contributed by atoms with Crippen LogP contribution < -0.4 is 5.32 Å². The molecule has 3 heterocycles. The summed E-state index contributed by atoms with van der Waals surface area (Å²) in [5, 5.41) is 3.86. The summed E-state index contributed by atoms with van der Waals surface area (Å²) in [6.45, 7) is 2.22. The molecule has 0 amide bonds. The molecule has 148 valence electrons. The standard InChI is InChI=1S/C22H22N4O2S/c1-2-28-19(27)15-26-21(20(24-22(26)29)18-10-6-7-12-23-18)16-11-13-25(14-16)17-8-4-3-5-9-17/h3-14,20-21H,2,15H2,1H3,(H,24,29)/t20-,21+/m1/s1. The number of benzene rings is 1. The molecule has 2 atom stereocenters. The molecule has 3 aromatic rings. The molecule has 0 bridgehead atoms. The van der Waals surface area contributed by atoms with Gasteiger partial charge >= 0.3 is 5.97 Å². The highest BCUT2D eigenvalue weighted by atomic mass is 32.1. The molecule has 2 aromatic heterocycles. The Bertz CT molecular complexity index is 990. The molecule has 0 unspecified atom stereocenters. The average Bonchev–Trinajstić information content (AvgIpc) is 3.35. The van der Waals surface area contributed by atoms with Crippen LogP contribution >= 0.6 is 12.2 Å². The molecule has 1 saturated heterocycles. The van der Waals surface area contributed by atoms with Gasteiger partial charge in [0.1, 0.15) is 6.54 Å². The van der Waals surface area contributed by atoms with Crippen LogP contribution in [0.4, 0.5) is 0 Å². The van der Waals surface area contributed by atoms with E-state index in [9.17, 15) is 4.79 Å². The lowest BCUT2D eigenvalue weighted by molar-refractivity contribution is -0.143. The fraction of sp³-hybridized carbons (Fsp3) is 0.227. The van der Waals surface area contributed by atoms with Gasteiger partial charge in [-0.3, -0.25) is 9.78 Å². The van der Waals surface area contributed by atoms with Crippen LogP contribution in [0.1, 0.15) is 30.3 Å². The highest BCUT2D eigenvalue weighted by molar-refractivity contribution is 7.80. The van der Waals surface area contributed by atoms with Crippen LogP contribution in [0, 0.1) is 0 Å². The molecule has 1 aliphatic heterocycles. The molecule has 1 aliphatic rings. The van der Waals surface area contributed by atoms with E-state index in [1.807, 2.05) is 59.6 Å². The molecule has 1 fully saturated rings. The number of nitrogens with one attached hydrogen (secondary N) is 1. The van der Waals surface area contributed by atoms with E-state index in [0.29, 0.717) is 11.7 Å². The van der Waals surface area contributed by atoms with Gasteiger partial charge < -0.3 is 19.5 Å². The molecule has 1 N–H and O–H groups in total. The number of carbonyl (C=O) groups excluding carboxylic acids is 1. The number of hydrogen-bond donors (Lipinski definition) is 1. The normalized spacial score (nSPS) is 18.5. The third-order valence-electron chi connectivity index (χ3n) is 4.91. The molecule has 1 aromatic carbocycles. The Balaban J connectivity index is 1.70. The number of hydrogen-bond acceptors (Lipinski definition) is 4. The van der Waals surface area contributed by atoms with Crippen molar-refractivity contribution in [1.29, 1.82) is 0 Å². The first-order valence-corrected chi connectivity index (χ1v) is 9.95. The maximum absolute atomic E-state index is 12.2. The van der Waals surface area contributed by atoms with Crippen molar-refractivity contribution >= 4 is 23.3 Å². The Kier molecular flexibility index (Phi) is 5.57. The Hall–Kier alpha value is -3.19. The maximum Gasteiger partial charge on any atom is 0.325 e. The van der Waals surface area contributed by atoms with E-state index in [-0.39, 0.29) is 24.6 Å². The molecule has 7 heteroatoms. The van der Waals surface area contributed by atoms with Gasteiger partial charge in [-0.2, -0.15) is 0 Å². The van der Waals surface area contributed by atoms with Crippen molar-refractivity contribution in [2.75, 3.05) is 13.2 Å². The van der Waals surface area contributed by atoms with Gasteiger partial charge in [-0.25, -0.2) is 0 Å². The van der Waals surface area contributed by atoms with E-state index in [1.54, 1.807) is 13.1 Å². The molecule has 0 radical (unpaired) electrons. The second-order valence-corrected chi connectivity index (χ2v) is 7.13. The first-order chi connectivity index (χ1) is 14.2. The number of carbonyl (C=O) groups is 1. The first-order valence-electron chi connectivity index (χ1n) is 9.54. The predicted octanol–water partition coefficient (Wildman–Crippen LogP) is 3.41. The summed E-state index contributed by atoms with van der Waals surface area (Å²) in [7, 11) is 0. The summed E-state index contributed by atoms with van der Waals surface area (Å²) in [6, 6.07) is 17.6. The summed E-state index contributed by atoms with van der Waals surface area (Å²) in [5.74, 6) is -0.300. The molecule has 0 aliphatic carbocycles. The van der Waals surface area contributed by atoms with Gasteiger partial charge in [0, 0.05) is 24.3 Å². The van der Waals surface area contributed by atoms with E-state index < -0.39 is 0 Å². The second kappa shape index (κ2) is 8.45. The first kappa shape index (κ1) is 19.1. The largest absolute Gasteiger partial charge is 0.465 e. The Labute approximate surface area is 175 Å². The van der Waals surface area contributed by atoms with Crippen molar-refractivity contribution in [2.45, 2.75) is 19.0 Å². The third kappa shape index (κ3) is 4.00.